The molecular formula is C16H19N3O2. The zero-order valence-corrected chi connectivity index (χ0v) is 12.4. The third-order valence-corrected chi connectivity index (χ3v) is 3.06. The highest BCUT2D eigenvalue weighted by Crippen LogP contribution is 2.27. The van der Waals surface area contributed by atoms with Gasteiger partial charge in [0, 0.05) is 17.8 Å². The number of amidine groups is 1. The maximum atomic E-state index is 8.60. The summed E-state index contributed by atoms with van der Waals surface area (Å²) in [5.41, 5.74) is 7.27. The van der Waals surface area contributed by atoms with Crippen LogP contribution < -0.4 is 10.5 Å². The number of nitrogens with zero attached hydrogens (tertiary/aromatic N) is 2. The van der Waals surface area contributed by atoms with E-state index >= 15 is 0 Å². The summed E-state index contributed by atoms with van der Waals surface area (Å²) in [6.45, 7) is 6.45. The summed E-state index contributed by atoms with van der Waals surface area (Å²) in [5, 5.41) is 11.5. The first-order chi connectivity index (χ1) is 9.90. The molecule has 0 aliphatic rings. The topological polar surface area (TPSA) is 80.7 Å². The first-order valence-electron chi connectivity index (χ1n) is 6.62. The molecule has 110 valence electrons. The average Bonchev–Trinajstić information content (AvgIpc) is 2.47. The van der Waals surface area contributed by atoms with Crippen LogP contribution in [0, 0.1) is 0 Å². The minimum absolute atomic E-state index is 0.0174. The van der Waals surface area contributed by atoms with Crippen LogP contribution in [0.3, 0.4) is 0 Å². The third kappa shape index (κ3) is 3.72. The summed E-state index contributed by atoms with van der Waals surface area (Å²) in [5.74, 6) is 1.20. The lowest BCUT2D eigenvalue weighted by atomic mass is 9.87. The Kier molecular flexibility index (Phi) is 4.12. The second-order valence-corrected chi connectivity index (χ2v) is 5.75. The van der Waals surface area contributed by atoms with Gasteiger partial charge in [-0.05, 0) is 29.2 Å². The van der Waals surface area contributed by atoms with E-state index < -0.39 is 0 Å². The Balaban J connectivity index is 2.19. The average molecular weight is 285 g/mol. The van der Waals surface area contributed by atoms with E-state index in [1.165, 1.54) is 11.8 Å². The maximum absolute atomic E-state index is 8.60. The second kappa shape index (κ2) is 5.83. The number of rotatable bonds is 3. The van der Waals surface area contributed by atoms with Gasteiger partial charge in [-0.2, -0.15) is 0 Å². The Morgan fingerprint density at radius 1 is 1.24 bits per heavy atom. The van der Waals surface area contributed by atoms with E-state index in [1.54, 1.807) is 12.1 Å². The Labute approximate surface area is 124 Å². The van der Waals surface area contributed by atoms with Crippen molar-refractivity contribution in [3.63, 3.8) is 0 Å². The molecule has 0 amide bonds. The van der Waals surface area contributed by atoms with E-state index in [0.717, 1.165) is 5.75 Å². The van der Waals surface area contributed by atoms with Crippen LogP contribution in [0.5, 0.6) is 11.6 Å². The molecule has 0 radical (unpaired) electrons. The van der Waals surface area contributed by atoms with E-state index in [-0.39, 0.29) is 11.3 Å². The fourth-order valence-corrected chi connectivity index (χ4v) is 1.80. The van der Waals surface area contributed by atoms with Crippen molar-refractivity contribution in [1.29, 1.82) is 0 Å². The van der Waals surface area contributed by atoms with Crippen LogP contribution >= 0.6 is 0 Å². The summed E-state index contributed by atoms with van der Waals surface area (Å²) in [7, 11) is 0. The van der Waals surface area contributed by atoms with Gasteiger partial charge >= 0.3 is 0 Å². The quantitative estimate of drug-likeness (QED) is 0.392. The van der Waals surface area contributed by atoms with Crippen LogP contribution in [0.25, 0.3) is 0 Å². The Morgan fingerprint density at radius 2 is 2.00 bits per heavy atom. The number of benzene rings is 1. The lowest BCUT2D eigenvalue weighted by Gasteiger charge is -2.19. The highest BCUT2D eigenvalue weighted by molar-refractivity contribution is 5.96. The molecule has 0 saturated heterocycles. The summed E-state index contributed by atoms with van der Waals surface area (Å²) in [6.07, 6.45) is 1.50. The van der Waals surface area contributed by atoms with Crippen LogP contribution in [0.1, 0.15) is 31.9 Å². The summed E-state index contributed by atoms with van der Waals surface area (Å²) in [6, 6.07) is 11.3. The highest BCUT2D eigenvalue weighted by atomic mass is 16.5. The van der Waals surface area contributed by atoms with Crippen LogP contribution in [0.4, 0.5) is 0 Å². The number of nitrogens with two attached hydrogens (primary N) is 1. The van der Waals surface area contributed by atoms with Crippen LogP contribution in [0.15, 0.2) is 47.8 Å². The smallest absolute Gasteiger partial charge is 0.219 e. The van der Waals surface area contributed by atoms with E-state index in [2.05, 4.69) is 37.0 Å². The van der Waals surface area contributed by atoms with E-state index in [0.29, 0.717) is 11.4 Å². The van der Waals surface area contributed by atoms with Gasteiger partial charge in [-0.1, -0.05) is 38.1 Å². The Hall–Kier alpha value is -2.56. The molecule has 0 saturated carbocycles. The van der Waals surface area contributed by atoms with Crippen LogP contribution in [0.2, 0.25) is 0 Å². The van der Waals surface area contributed by atoms with Crippen molar-refractivity contribution >= 4 is 5.84 Å². The van der Waals surface area contributed by atoms with Gasteiger partial charge in [0.2, 0.25) is 5.88 Å². The molecule has 1 heterocycles. The van der Waals surface area contributed by atoms with Crippen molar-refractivity contribution in [3.05, 3.63) is 53.7 Å². The second-order valence-electron chi connectivity index (χ2n) is 5.75. The monoisotopic (exact) mass is 285 g/mol. The number of ether oxygens (including phenoxy) is 1. The molecule has 1 aromatic heterocycles. The van der Waals surface area contributed by atoms with Gasteiger partial charge in [0.25, 0.3) is 0 Å². The Morgan fingerprint density at radius 3 is 2.57 bits per heavy atom. The van der Waals surface area contributed by atoms with Gasteiger partial charge in [0.05, 0.1) is 0 Å². The minimum Gasteiger partial charge on any atom is -0.439 e. The maximum Gasteiger partial charge on any atom is 0.219 e. The van der Waals surface area contributed by atoms with Crippen molar-refractivity contribution in [1.82, 2.24) is 4.98 Å². The Bertz CT molecular complexity index is 643. The first kappa shape index (κ1) is 14.8. The normalized spacial score (nSPS) is 12.2. The van der Waals surface area contributed by atoms with Crippen molar-refractivity contribution in [3.8, 4) is 11.6 Å². The number of hydrogen-bond donors (Lipinski definition) is 2. The predicted molar refractivity (Wildman–Crippen MR) is 82.0 cm³/mol. The number of aromatic nitrogens is 1. The molecule has 0 atom stereocenters. The molecule has 1 aromatic carbocycles. The molecule has 3 N–H and O–H groups in total. The zero-order chi connectivity index (χ0) is 15.5. The van der Waals surface area contributed by atoms with E-state index in [9.17, 15) is 0 Å². The summed E-state index contributed by atoms with van der Waals surface area (Å²) in [4.78, 5) is 4.14. The van der Waals surface area contributed by atoms with Gasteiger partial charge in [-0.25, -0.2) is 4.98 Å². The fourth-order valence-electron chi connectivity index (χ4n) is 1.80. The van der Waals surface area contributed by atoms with Gasteiger partial charge < -0.3 is 15.7 Å². The SMILES string of the molecule is CC(C)(C)c1cccc(Oc2ccc(/C(N)=N/O)cn2)c1. The molecular weight excluding hydrogens is 266 g/mol. The third-order valence-electron chi connectivity index (χ3n) is 3.06. The summed E-state index contributed by atoms with van der Waals surface area (Å²) < 4.78 is 5.73. The van der Waals surface area contributed by atoms with Crippen molar-refractivity contribution in [2.24, 2.45) is 10.9 Å². The van der Waals surface area contributed by atoms with Crippen molar-refractivity contribution < 1.29 is 9.94 Å². The molecule has 0 spiro atoms. The molecule has 0 unspecified atom stereocenters. The van der Waals surface area contributed by atoms with Gasteiger partial charge in [0.1, 0.15) is 5.75 Å². The molecule has 0 aliphatic heterocycles. The number of hydrogen-bond acceptors (Lipinski definition) is 4. The van der Waals surface area contributed by atoms with Gasteiger partial charge in [0.15, 0.2) is 5.84 Å². The minimum atomic E-state index is 0.0174. The van der Waals surface area contributed by atoms with Gasteiger partial charge in [-0.3, -0.25) is 0 Å². The zero-order valence-electron chi connectivity index (χ0n) is 12.4. The fraction of sp³-hybridized carbons (Fsp3) is 0.250. The molecule has 5 heteroatoms. The molecule has 0 fully saturated rings. The van der Waals surface area contributed by atoms with Crippen molar-refractivity contribution in [2.45, 2.75) is 26.2 Å². The van der Waals surface area contributed by atoms with Gasteiger partial charge in [-0.15, -0.1) is 0 Å². The van der Waals surface area contributed by atoms with Crippen molar-refractivity contribution in [2.75, 3.05) is 0 Å². The van der Waals surface area contributed by atoms with E-state index in [1.807, 2.05) is 18.2 Å². The molecule has 2 rings (SSSR count). The first-order valence-corrected chi connectivity index (χ1v) is 6.62. The van der Waals surface area contributed by atoms with E-state index in [4.69, 9.17) is 15.7 Å². The largest absolute Gasteiger partial charge is 0.439 e. The summed E-state index contributed by atoms with van der Waals surface area (Å²) >= 11 is 0. The molecule has 21 heavy (non-hydrogen) atoms. The number of pyridine rings is 1. The number of oxime groups is 1. The predicted octanol–water partition coefficient (Wildman–Crippen LogP) is 3.27. The lowest BCUT2D eigenvalue weighted by Crippen LogP contribution is -2.13. The highest BCUT2D eigenvalue weighted by Gasteiger charge is 2.14. The molecule has 2 aromatic rings. The molecule has 0 aliphatic carbocycles. The standard InChI is InChI=1S/C16H19N3O2/c1-16(2,3)12-5-4-6-13(9-12)21-14-8-7-11(10-18-14)15(17)19-20/h4-10,20H,1-3H3,(H2,17,19). The lowest BCUT2D eigenvalue weighted by molar-refractivity contribution is 0.318. The van der Waals surface area contributed by atoms with Crippen LogP contribution in [-0.2, 0) is 5.41 Å². The van der Waals surface area contributed by atoms with Crippen LogP contribution in [-0.4, -0.2) is 16.0 Å². The molecule has 5 nitrogen and oxygen atoms in total. The molecule has 0 bridgehead atoms.